The highest BCUT2D eigenvalue weighted by Crippen LogP contribution is 2.36. The Balaban J connectivity index is 2.11. The Morgan fingerprint density at radius 2 is 1.81 bits per heavy atom. The molecule has 0 unspecified atom stereocenters. The van der Waals surface area contributed by atoms with E-state index in [-0.39, 0.29) is 28.6 Å². The average molecular weight is 515 g/mol. The van der Waals surface area contributed by atoms with Gasteiger partial charge in [-0.1, -0.05) is 19.2 Å². The molecule has 0 bridgehead atoms. The van der Waals surface area contributed by atoms with Gasteiger partial charge in [-0.3, -0.25) is 4.99 Å². The number of allylic oxidation sites excluding steroid dienone is 2. The molecule has 3 rings (SSSR count). The molecule has 0 saturated carbocycles. The summed E-state index contributed by atoms with van der Waals surface area (Å²) in [5.41, 5.74) is 5.30. The molecule has 2 aromatic carbocycles. The molecule has 12 heteroatoms. The predicted molar refractivity (Wildman–Crippen MR) is 135 cm³/mol. The van der Waals surface area contributed by atoms with Crippen molar-refractivity contribution in [3.8, 4) is 11.1 Å². The summed E-state index contributed by atoms with van der Waals surface area (Å²) in [6, 6.07) is 6.08. The van der Waals surface area contributed by atoms with Gasteiger partial charge in [-0.15, -0.1) is 0 Å². The number of nitrogens with one attached hydrogen (secondary N) is 3. The number of alkyl halides is 3. The molecule has 0 radical (unpaired) electrons. The monoisotopic (exact) mass is 515 g/mol. The summed E-state index contributed by atoms with van der Waals surface area (Å²) in [5.74, 6) is -1.96. The molecule has 37 heavy (non-hydrogen) atoms. The number of halogens is 5. The lowest BCUT2D eigenvalue weighted by Gasteiger charge is -2.16. The number of hydrogen-bond donors (Lipinski definition) is 4. The van der Waals surface area contributed by atoms with Gasteiger partial charge in [0.25, 0.3) is 0 Å². The van der Waals surface area contributed by atoms with Crippen LogP contribution in [0.15, 0.2) is 84.4 Å². The summed E-state index contributed by atoms with van der Waals surface area (Å²) >= 11 is 0. The van der Waals surface area contributed by atoms with Crippen LogP contribution in [0.1, 0.15) is 5.56 Å². The van der Waals surface area contributed by atoms with Crippen molar-refractivity contribution < 1.29 is 22.0 Å². The van der Waals surface area contributed by atoms with Gasteiger partial charge in [0.1, 0.15) is 17.5 Å². The van der Waals surface area contributed by atoms with Crippen LogP contribution in [0.5, 0.6) is 0 Å². The first kappa shape index (κ1) is 26.9. The van der Waals surface area contributed by atoms with Gasteiger partial charge in [0.2, 0.25) is 5.95 Å². The fourth-order valence-electron chi connectivity index (χ4n) is 3.09. The van der Waals surface area contributed by atoms with E-state index < -0.39 is 23.4 Å². The number of rotatable bonds is 9. The lowest BCUT2D eigenvalue weighted by Crippen LogP contribution is -2.10. The minimum atomic E-state index is -4.73. The Morgan fingerprint density at radius 3 is 2.43 bits per heavy atom. The van der Waals surface area contributed by atoms with Crippen molar-refractivity contribution in [1.82, 2.24) is 9.97 Å². The molecule has 0 fully saturated rings. The summed E-state index contributed by atoms with van der Waals surface area (Å²) in [6.45, 7) is 7.32. The molecule has 0 atom stereocenters. The topological polar surface area (TPSA) is 100 Å². The molecule has 0 saturated heterocycles. The van der Waals surface area contributed by atoms with Crippen molar-refractivity contribution in [2.75, 3.05) is 23.0 Å². The molecule has 0 aliphatic carbocycles. The Hall–Kier alpha value is -4.74. The van der Waals surface area contributed by atoms with Gasteiger partial charge in [0, 0.05) is 48.2 Å². The second-order valence-electron chi connectivity index (χ2n) is 7.46. The van der Waals surface area contributed by atoms with E-state index in [0.717, 1.165) is 12.1 Å². The molecule has 1 heterocycles. The molecule has 7 nitrogen and oxygen atoms in total. The van der Waals surface area contributed by atoms with Crippen LogP contribution in [0.2, 0.25) is 0 Å². The molecule has 0 aliphatic heterocycles. The Bertz CT molecular complexity index is 1380. The zero-order valence-corrected chi connectivity index (χ0v) is 19.5. The summed E-state index contributed by atoms with van der Waals surface area (Å²) in [7, 11) is 1.51. The molecule has 0 amide bonds. The van der Waals surface area contributed by atoms with E-state index in [1.807, 2.05) is 0 Å². The van der Waals surface area contributed by atoms with Crippen LogP contribution in [0.25, 0.3) is 11.1 Å². The normalized spacial score (nSPS) is 11.9. The van der Waals surface area contributed by atoms with Crippen LogP contribution in [-0.4, -0.2) is 23.2 Å². The third-order valence-electron chi connectivity index (χ3n) is 4.85. The second-order valence-corrected chi connectivity index (χ2v) is 7.46. The van der Waals surface area contributed by atoms with Crippen molar-refractivity contribution in [2.24, 2.45) is 10.7 Å². The number of nitrogens with two attached hydrogens (primary N) is 1. The molecular formula is C25H22F5N7. The first-order valence-electron chi connectivity index (χ1n) is 10.6. The SMILES string of the molecule is C=CC(=C)Nc1ccc(F)c(Nc2nc(N/C(C=NC)=C/N)ncc2-c2ccc(C(F)(F)F)cc2F)c1. The fourth-order valence-corrected chi connectivity index (χ4v) is 3.09. The van der Waals surface area contributed by atoms with Crippen molar-refractivity contribution in [3.05, 3.63) is 96.6 Å². The minimum Gasteiger partial charge on any atom is -0.403 e. The highest BCUT2D eigenvalue weighted by atomic mass is 19.4. The van der Waals surface area contributed by atoms with E-state index in [4.69, 9.17) is 5.73 Å². The van der Waals surface area contributed by atoms with Crippen molar-refractivity contribution in [1.29, 1.82) is 0 Å². The molecule has 192 valence electrons. The first-order valence-corrected chi connectivity index (χ1v) is 10.6. The third-order valence-corrected chi connectivity index (χ3v) is 4.85. The Morgan fingerprint density at radius 1 is 1.05 bits per heavy atom. The second kappa shape index (κ2) is 11.3. The number of aliphatic imine (C=N–C) groups is 1. The summed E-state index contributed by atoms with van der Waals surface area (Å²) in [6.07, 6.45) is 0.504. The zero-order valence-electron chi connectivity index (χ0n) is 19.5. The zero-order chi connectivity index (χ0) is 27.2. The molecule has 0 spiro atoms. The number of anilines is 4. The van der Waals surface area contributed by atoms with Crippen LogP contribution in [0, 0.1) is 11.6 Å². The number of hydrogen-bond acceptors (Lipinski definition) is 7. The van der Waals surface area contributed by atoms with E-state index in [9.17, 15) is 22.0 Å². The number of aromatic nitrogens is 2. The lowest BCUT2D eigenvalue weighted by atomic mass is 10.0. The standard InChI is InChI=1S/C25H22F5N7/c1-4-14(2)34-16-6-8-20(26)22(10-16)36-23-19(13-33-24(37-23)35-17(11-31)12-32-3)18-7-5-15(9-21(18)27)25(28,29)30/h4-13,34H,1-2,31H2,3H3,(H2,33,35,36,37)/b17-11+,32-12?. The van der Waals surface area contributed by atoms with Crippen LogP contribution in [0.4, 0.5) is 45.1 Å². The van der Waals surface area contributed by atoms with Gasteiger partial charge in [0.05, 0.1) is 16.9 Å². The maximum Gasteiger partial charge on any atom is 0.416 e. The van der Waals surface area contributed by atoms with Crippen LogP contribution in [-0.2, 0) is 6.18 Å². The van der Waals surface area contributed by atoms with Gasteiger partial charge in [-0.05, 0) is 36.4 Å². The molecular weight excluding hydrogens is 493 g/mol. The largest absolute Gasteiger partial charge is 0.416 e. The van der Waals surface area contributed by atoms with E-state index in [1.54, 1.807) is 0 Å². The lowest BCUT2D eigenvalue weighted by molar-refractivity contribution is -0.137. The van der Waals surface area contributed by atoms with Crippen LogP contribution in [0.3, 0.4) is 0 Å². The third kappa shape index (κ3) is 6.69. The van der Waals surface area contributed by atoms with Crippen LogP contribution >= 0.6 is 0 Å². The highest BCUT2D eigenvalue weighted by molar-refractivity contribution is 5.83. The predicted octanol–water partition coefficient (Wildman–Crippen LogP) is 6.21. The molecule has 1 aromatic heterocycles. The quantitative estimate of drug-likeness (QED) is 0.154. The van der Waals surface area contributed by atoms with Gasteiger partial charge < -0.3 is 21.7 Å². The van der Waals surface area contributed by atoms with E-state index in [0.29, 0.717) is 23.1 Å². The molecule has 0 aliphatic rings. The minimum absolute atomic E-state index is 0.0209. The van der Waals surface area contributed by atoms with Gasteiger partial charge in [-0.25, -0.2) is 13.8 Å². The smallest absolute Gasteiger partial charge is 0.403 e. The Kier molecular flexibility index (Phi) is 8.23. The summed E-state index contributed by atoms with van der Waals surface area (Å²) < 4.78 is 68.7. The molecule has 5 N–H and O–H groups in total. The van der Waals surface area contributed by atoms with E-state index >= 15 is 0 Å². The summed E-state index contributed by atoms with van der Waals surface area (Å²) in [5, 5.41) is 8.48. The highest BCUT2D eigenvalue weighted by Gasteiger charge is 2.31. The average Bonchev–Trinajstić information content (AvgIpc) is 2.85. The first-order chi connectivity index (χ1) is 17.5. The van der Waals surface area contributed by atoms with Crippen molar-refractivity contribution >= 4 is 29.4 Å². The van der Waals surface area contributed by atoms with Gasteiger partial charge in [-0.2, -0.15) is 18.2 Å². The maximum absolute atomic E-state index is 14.8. The van der Waals surface area contributed by atoms with E-state index in [2.05, 4.69) is 44.1 Å². The van der Waals surface area contributed by atoms with Gasteiger partial charge in [0.15, 0.2) is 0 Å². The van der Waals surface area contributed by atoms with Gasteiger partial charge >= 0.3 is 6.18 Å². The van der Waals surface area contributed by atoms with Crippen molar-refractivity contribution in [2.45, 2.75) is 6.18 Å². The number of benzene rings is 2. The summed E-state index contributed by atoms with van der Waals surface area (Å²) in [4.78, 5) is 12.2. The Labute approximate surface area is 209 Å². The van der Waals surface area contributed by atoms with Crippen LogP contribution < -0.4 is 21.7 Å². The van der Waals surface area contributed by atoms with E-state index in [1.165, 1.54) is 49.9 Å². The fraction of sp³-hybridized carbons (Fsp3) is 0.0800. The number of nitrogens with zero attached hydrogens (tertiary/aromatic N) is 3. The molecule has 3 aromatic rings. The maximum atomic E-state index is 14.8. The van der Waals surface area contributed by atoms with Crippen molar-refractivity contribution in [3.63, 3.8) is 0 Å².